The minimum Gasteiger partial charge on any atom is -0.369 e. The number of primary amides is 1. The van der Waals surface area contributed by atoms with Gasteiger partial charge in [0.05, 0.1) is 11.4 Å². The lowest BCUT2D eigenvalue weighted by Crippen LogP contribution is -2.25. The number of hydrogen-bond donors (Lipinski definition) is 2. The third kappa shape index (κ3) is 4.31. The highest BCUT2D eigenvalue weighted by Gasteiger charge is 2.22. The number of carbonyl (C=O) groups is 1. The molecule has 1 atom stereocenters. The molecule has 0 spiro atoms. The highest BCUT2D eigenvalue weighted by atomic mass is 19.1. The highest BCUT2D eigenvalue weighted by Crippen LogP contribution is 2.29. The Balaban J connectivity index is 1.73. The van der Waals surface area contributed by atoms with Crippen molar-refractivity contribution in [2.45, 2.75) is 19.8 Å². The van der Waals surface area contributed by atoms with Gasteiger partial charge in [-0.3, -0.25) is 14.9 Å². The average Bonchev–Trinajstić information content (AvgIpc) is 3.14. The number of nitrogens with one attached hydrogen (secondary N) is 1. The van der Waals surface area contributed by atoms with E-state index in [2.05, 4.69) is 27.0 Å². The summed E-state index contributed by atoms with van der Waals surface area (Å²) in [5.41, 5.74) is 10.2. The smallest absolute Gasteiger partial charge is 0.225 e. The number of aromatic nitrogens is 3. The molecule has 1 unspecified atom stereocenters. The molecule has 0 saturated carbocycles. The number of rotatable bonds is 4. The molecule has 154 valence electrons. The molecule has 0 aliphatic heterocycles. The summed E-state index contributed by atoms with van der Waals surface area (Å²) >= 11 is 0. The van der Waals surface area contributed by atoms with Crippen molar-refractivity contribution in [2.75, 3.05) is 0 Å². The van der Waals surface area contributed by atoms with Gasteiger partial charge in [-0.25, -0.2) is 4.39 Å². The lowest BCUT2D eigenvalue weighted by atomic mass is 9.87. The Morgan fingerprint density at radius 1 is 1.06 bits per heavy atom. The van der Waals surface area contributed by atoms with Crippen LogP contribution in [0.5, 0.6) is 0 Å². The molecule has 31 heavy (non-hydrogen) atoms. The number of H-pyrrole nitrogens is 1. The summed E-state index contributed by atoms with van der Waals surface area (Å²) in [6, 6.07) is 13.9. The molecule has 0 saturated heterocycles. The number of amides is 1. The zero-order valence-electron chi connectivity index (χ0n) is 17.2. The zero-order valence-corrected chi connectivity index (χ0v) is 17.2. The Labute approximate surface area is 179 Å². The molecule has 2 aromatic heterocycles. The Bertz CT molecular complexity index is 1330. The lowest BCUT2D eigenvalue weighted by molar-refractivity contribution is -0.120. The molecule has 0 aliphatic rings. The Kier molecular flexibility index (Phi) is 5.50. The molecule has 0 aliphatic carbocycles. The third-order valence-electron chi connectivity index (χ3n) is 5.14. The summed E-state index contributed by atoms with van der Waals surface area (Å²) in [5.74, 6) is 4.93. The SMILES string of the molecule is CC(C)C(C(N)=O)c1cncc(-c2ccc3[nH]nc(C#Cc4cccc(F)c4)c3c2)c1. The van der Waals surface area contributed by atoms with Gasteiger partial charge in [-0.2, -0.15) is 5.10 Å². The normalized spacial score (nSPS) is 11.9. The van der Waals surface area contributed by atoms with Gasteiger partial charge < -0.3 is 5.73 Å². The fourth-order valence-corrected chi connectivity index (χ4v) is 3.65. The molecule has 6 heteroatoms. The summed E-state index contributed by atoms with van der Waals surface area (Å²) in [7, 11) is 0. The van der Waals surface area contributed by atoms with E-state index in [9.17, 15) is 9.18 Å². The second kappa shape index (κ2) is 8.41. The number of hydrogen-bond acceptors (Lipinski definition) is 3. The molecular weight excluding hydrogens is 391 g/mol. The molecule has 2 heterocycles. The van der Waals surface area contributed by atoms with Crippen molar-refractivity contribution in [2.24, 2.45) is 11.7 Å². The van der Waals surface area contributed by atoms with Crippen LogP contribution in [0.25, 0.3) is 22.0 Å². The maximum absolute atomic E-state index is 13.4. The van der Waals surface area contributed by atoms with Gasteiger partial charge in [-0.1, -0.05) is 31.9 Å². The van der Waals surface area contributed by atoms with Crippen molar-refractivity contribution in [3.05, 3.63) is 83.6 Å². The van der Waals surface area contributed by atoms with Crippen LogP contribution in [0.1, 0.15) is 36.6 Å². The zero-order chi connectivity index (χ0) is 22.0. The highest BCUT2D eigenvalue weighted by molar-refractivity contribution is 5.89. The van der Waals surface area contributed by atoms with Gasteiger partial charge in [0.2, 0.25) is 5.91 Å². The van der Waals surface area contributed by atoms with Gasteiger partial charge >= 0.3 is 0 Å². The van der Waals surface area contributed by atoms with Crippen LogP contribution >= 0.6 is 0 Å². The summed E-state index contributed by atoms with van der Waals surface area (Å²) in [6.45, 7) is 3.92. The molecule has 0 bridgehead atoms. The topological polar surface area (TPSA) is 84.7 Å². The number of aromatic amines is 1. The molecule has 2 aromatic carbocycles. The standard InChI is InChI=1S/C25H21FN4O/c1-15(2)24(25(27)31)19-11-18(13-28-14-19)17-7-9-23-21(12-17)22(29-30-23)8-6-16-4-3-5-20(26)10-16/h3-5,7,9-15,24H,1-2H3,(H2,27,31)(H,29,30). The molecule has 3 N–H and O–H groups in total. The van der Waals surface area contributed by atoms with E-state index in [0.717, 1.165) is 27.6 Å². The van der Waals surface area contributed by atoms with Gasteiger partial charge in [0.15, 0.2) is 0 Å². The van der Waals surface area contributed by atoms with E-state index in [-0.39, 0.29) is 17.6 Å². The molecule has 0 fully saturated rings. The van der Waals surface area contributed by atoms with Gasteiger partial charge in [0.1, 0.15) is 11.5 Å². The largest absolute Gasteiger partial charge is 0.369 e. The monoisotopic (exact) mass is 412 g/mol. The summed E-state index contributed by atoms with van der Waals surface area (Å²) < 4.78 is 13.4. The van der Waals surface area contributed by atoms with Crippen molar-refractivity contribution in [1.29, 1.82) is 0 Å². The molecule has 4 aromatic rings. The van der Waals surface area contributed by atoms with E-state index in [0.29, 0.717) is 11.3 Å². The van der Waals surface area contributed by atoms with Crippen molar-refractivity contribution in [1.82, 2.24) is 15.2 Å². The molecule has 0 radical (unpaired) electrons. The minimum atomic E-state index is -0.405. The number of halogens is 1. The first-order valence-electron chi connectivity index (χ1n) is 9.92. The lowest BCUT2D eigenvalue weighted by Gasteiger charge is -2.18. The number of pyridine rings is 1. The molecule has 5 nitrogen and oxygen atoms in total. The van der Waals surface area contributed by atoms with Crippen LogP contribution in [-0.4, -0.2) is 21.1 Å². The van der Waals surface area contributed by atoms with Crippen molar-refractivity contribution >= 4 is 16.8 Å². The number of nitrogens with two attached hydrogens (primary N) is 1. The van der Waals surface area contributed by atoms with Crippen LogP contribution in [-0.2, 0) is 4.79 Å². The van der Waals surface area contributed by atoms with Gasteiger partial charge in [0.25, 0.3) is 0 Å². The van der Waals surface area contributed by atoms with E-state index < -0.39 is 5.92 Å². The van der Waals surface area contributed by atoms with Gasteiger partial charge in [-0.15, -0.1) is 0 Å². The third-order valence-corrected chi connectivity index (χ3v) is 5.14. The van der Waals surface area contributed by atoms with Gasteiger partial charge in [0, 0.05) is 28.9 Å². The summed E-state index contributed by atoms with van der Waals surface area (Å²) in [4.78, 5) is 16.3. The fraction of sp³-hybridized carbons (Fsp3) is 0.160. The van der Waals surface area contributed by atoms with E-state index in [4.69, 9.17) is 5.73 Å². The molecule has 4 rings (SSSR count). The van der Waals surface area contributed by atoms with Crippen molar-refractivity contribution in [3.63, 3.8) is 0 Å². The maximum atomic E-state index is 13.4. The number of nitrogens with zero attached hydrogens (tertiary/aromatic N) is 2. The minimum absolute atomic E-state index is 0.0654. The van der Waals surface area contributed by atoms with Crippen molar-refractivity contribution < 1.29 is 9.18 Å². The van der Waals surface area contributed by atoms with E-state index in [1.54, 1.807) is 24.5 Å². The molecule has 1 amide bonds. The van der Waals surface area contributed by atoms with Gasteiger partial charge in [-0.05, 0) is 59.4 Å². The van der Waals surface area contributed by atoms with Crippen LogP contribution in [0.3, 0.4) is 0 Å². The van der Waals surface area contributed by atoms with E-state index in [1.165, 1.54) is 12.1 Å². The number of fused-ring (bicyclic) bond motifs is 1. The van der Waals surface area contributed by atoms with Crippen LogP contribution in [0, 0.1) is 23.6 Å². The van der Waals surface area contributed by atoms with Crippen molar-refractivity contribution in [3.8, 4) is 23.0 Å². The molecular formula is C25H21FN4O. The predicted octanol–water partition coefficient (Wildman–Crippen LogP) is 4.39. The maximum Gasteiger partial charge on any atom is 0.225 e. The fourth-order valence-electron chi connectivity index (χ4n) is 3.65. The first kappa shape index (κ1) is 20.3. The Hall–Kier alpha value is -3.98. The van der Waals surface area contributed by atoms with E-state index in [1.807, 2.05) is 38.1 Å². The number of carbonyl (C=O) groups excluding carboxylic acids is 1. The van der Waals surface area contributed by atoms with E-state index >= 15 is 0 Å². The van der Waals surface area contributed by atoms with Crippen LogP contribution in [0.2, 0.25) is 0 Å². The van der Waals surface area contributed by atoms with Crippen LogP contribution < -0.4 is 5.73 Å². The van der Waals surface area contributed by atoms with Crippen LogP contribution in [0.15, 0.2) is 60.9 Å². The summed E-state index contributed by atoms with van der Waals surface area (Å²) in [6.07, 6.45) is 3.44. The average molecular weight is 412 g/mol. The Morgan fingerprint density at radius 3 is 2.65 bits per heavy atom. The summed E-state index contributed by atoms with van der Waals surface area (Å²) in [5, 5.41) is 8.11. The second-order valence-corrected chi connectivity index (χ2v) is 7.72. The Morgan fingerprint density at radius 2 is 1.90 bits per heavy atom. The first-order valence-corrected chi connectivity index (χ1v) is 9.92. The number of benzene rings is 2. The quantitative estimate of drug-likeness (QED) is 0.488. The first-order chi connectivity index (χ1) is 14.9. The predicted molar refractivity (Wildman–Crippen MR) is 118 cm³/mol. The second-order valence-electron chi connectivity index (χ2n) is 7.72. The van der Waals surface area contributed by atoms with Crippen LogP contribution in [0.4, 0.5) is 4.39 Å².